The summed E-state index contributed by atoms with van der Waals surface area (Å²) in [6, 6.07) is 11.2. The van der Waals surface area contributed by atoms with Gasteiger partial charge in [-0.25, -0.2) is 0 Å². The minimum absolute atomic E-state index is 1.12. The maximum atomic E-state index is 2.33. The standard InChI is InChI=1S/C15H14/c1-10-3-4-12-5-6-13-7-11(2)9-15(13)14(12)8-10/h3-6,8-9H,7H2,1-2H3. The normalized spacial score (nSPS) is 14.1. The van der Waals surface area contributed by atoms with E-state index < -0.39 is 0 Å². The van der Waals surface area contributed by atoms with Gasteiger partial charge in [0.15, 0.2) is 0 Å². The van der Waals surface area contributed by atoms with Gasteiger partial charge in [0.05, 0.1) is 0 Å². The summed E-state index contributed by atoms with van der Waals surface area (Å²) in [7, 11) is 0. The minimum atomic E-state index is 1.12. The summed E-state index contributed by atoms with van der Waals surface area (Å²) in [6.07, 6.45) is 3.45. The highest BCUT2D eigenvalue weighted by Gasteiger charge is 2.12. The van der Waals surface area contributed by atoms with Crippen molar-refractivity contribution in [3.8, 4) is 0 Å². The van der Waals surface area contributed by atoms with Crippen LogP contribution in [0, 0.1) is 6.92 Å². The van der Waals surface area contributed by atoms with E-state index in [1.807, 2.05) is 0 Å². The van der Waals surface area contributed by atoms with Gasteiger partial charge in [-0.2, -0.15) is 0 Å². The Morgan fingerprint density at radius 2 is 1.80 bits per heavy atom. The molecule has 2 aromatic carbocycles. The zero-order valence-corrected chi connectivity index (χ0v) is 9.17. The summed E-state index contributed by atoms with van der Waals surface area (Å²) in [4.78, 5) is 0. The molecule has 0 heteroatoms. The predicted octanol–water partition coefficient (Wildman–Crippen LogP) is 4.11. The van der Waals surface area contributed by atoms with Crippen LogP contribution in [-0.2, 0) is 6.42 Å². The molecule has 0 aliphatic heterocycles. The summed E-state index contributed by atoms with van der Waals surface area (Å²) in [5.74, 6) is 0. The van der Waals surface area contributed by atoms with Crippen molar-refractivity contribution in [1.29, 1.82) is 0 Å². The van der Waals surface area contributed by atoms with Gasteiger partial charge in [-0.15, -0.1) is 0 Å². The molecule has 0 N–H and O–H groups in total. The van der Waals surface area contributed by atoms with Crippen LogP contribution < -0.4 is 0 Å². The van der Waals surface area contributed by atoms with Crippen molar-refractivity contribution in [2.75, 3.05) is 0 Å². The molecule has 15 heavy (non-hydrogen) atoms. The fraction of sp³-hybridized carbons (Fsp3) is 0.200. The first-order valence-electron chi connectivity index (χ1n) is 5.43. The first-order valence-corrected chi connectivity index (χ1v) is 5.43. The number of fused-ring (bicyclic) bond motifs is 3. The summed E-state index contributed by atoms with van der Waals surface area (Å²) < 4.78 is 0. The molecule has 0 nitrogen and oxygen atoms in total. The minimum Gasteiger partial charge on any atom is -0.0683 e. The number of hydrogen-bond acceptors (Lipinski definition) is 0. The molecule has 1 aliphatic carbocycles. The van der Waals surface area contributed by atoms with Gasteiger partial charge < -0.3 is 0 Å². The average molecular weight is 194 g/mol. The van der Waals surface area contributed by atoms with Crippen LogP contribution in [0.3, 0.4) is 0 Å². The first kappa shape index (κ1) is 8.72. The number of aryl methyl sites for hydroxylation is 1. The maximum absolute atomic E-state index is 2.33. The highest BCUT2D eigenvalue weighted by atomic mass is 14.2. The third kappa shape index (κ3) is 1.29. The van der Waals surface area contributed by atoms with E-state index in [1.165, 1.54) is 33.0 Å². The lowest BCUT2D eigenvalue weighted by molar-refractivity contribution is 1.20. The fourth-order valence-electron chi connectivity index (χ4n) is 2.42. The van der Waals surface area contributed by atoms with E-state index in [-0.39, 0.29) is 0 Å². The zero-order chi connectivity index (χ0) is 10.4. The second-order valence-electron chi connectivity index (χ2n) is 4.53. The second kappa shape index (κ2) is 2.96. The smallest absolute Gasteiger partial charge is 0.00604 e. The molecule has 0 aromatic heterocycles. The van der Waals surface area contributed by atoms with Crippen molar-refractivity contribution in [2.45, 2.75) is 20.3 Å². The van der Waals surface area contributed by atoms with E-state index in [0.717, 1.165) is 6.42 Å². The van der Waals surface area contributed by atoms with Crippen LogP contribution in [-0.4, -0.2) is 0 Å². The Morgan fingerprint density at radius 3 is 2.67 bits per heavy atom. The first-order chi connectivity index (χ1) is 7.24. The summed E-state index contributed by atoms with van der Waals surface area (Å²) in [5, 5.41) is 2.76. The molecule has 0 saturated carbocycles. The number of hydrogen-bond donors (Lipinski definition) is 0. The van der Waals surface area contributed by atoms with E-state index in [2.05, 4.69) is 50.3 Å². The Kier molecular flexibility index (Phi) is 1.72. The summed E-state index contributed by atoms with van der Waals surface area (Å²) >= 11 is 0. The van der Waals surface area contributed by atoms with Gasteiger partial charge in [0, 0.05) is 0 Å². The molecule has 74 valence electrons. The Balaban J connectivity index is 2.41. The largest absolute Gasteiger partial charge is 0.0683 e. The molecule has 0 atom stereocenters. The quantitative estimate of drug-likeness (QED) is 0.592. The van der Waals surface area contributed by atoms with Gasteiger partial charge in [0.2, 0.25) is 0 Å². The number of benzene rings is 2. The van der Waals surface area contributed by atoms with Crippen LogP contribution in [0.25, 0.3) is 16.8 Å². The van der Waals surface area contributed by atoms with Crippen LogP contribution in [0.4, 0.5) is 0 Å². The van der Waals surface area contributed by atoms with E-state index >= 15 is 0 Å². The summed E-state index contributed by atoms with van der Waals surface area (Å²) in [6.45, 7) is 4.37. The SMILES string of the molecule is CC1=Cc2c(ccc3ccc(C)cc23)C1. The molecule has 3 rings (SSSR count). The highest BCUT2D eigenvalue weighted by Crippen LogP contribution is 2.31. The van der Waals surface area contributed by atoms with Crippen LogP contribution in [0.15, 0.2) is 35.9 Å². The monoisotopic (exact) mass is 194 g/mol. The Hall–Kier alpha value is -1.56. The Labute approximate surface area is 90.2 Å². The van der Waals surface area contributed by atoms with Gasteiger partial charge in [0.25, 0.3) is 0 Å². The molecule has 0 unspecified atom stereocenters. The van der Waals surface area contributed by atoms with Crippen molar-refractivity contribution in [3.63, 3.8) is 0 Å². The molecule has 0 fully saturated rings. The molecule has 2 aromatic rings. The van der Waals surface area contributed by atoms with Gasteiger partial charge in [-0.3, -0.25) is 0 Å². The van der Waals surface area contributed by atoms with E-state index in [4.69, 9.17) is 0 Å². The molecular weight excluding hydrogens is 180 g/mol. The average Bonchev–Trinajstić information content (AvgIpc) is 2.58. The Morgan fingerprint density at radius 1 is 1.00 bits per heavy atom. The maximum Gasteiger partial charge on any atom is -0.00604 e. The fourth-order valence-corrected chi connectivity index (χ4v) is 2.42. The lowest BCUT2D eigenvalue weighted by atomic mass is 9.99. The molecule has 0 bridgehead atoms. The molecule has 0 heterocycles. The highest BCUT2D eigenvalue weighted by molar-refractivity contribution is 5.94. The van der Waals surface area contributed by atoms with Crippen molar-refractivity contribution in [2.24, 2.45) is 0 Å². The van der Waals surface area contributed by atoms with Gasteiger partial charge in [0.1, 0.15) is 0 Å². The van der Waals surface area contributed by atoms with Crippen molar-refractivity contribution in [1.82, 2.24) is 0 Å². The van der Waals surface area contributed by atoms with Crippen LogP contribution in [0.5, 0.6) is 0 Å². The van der Waals surface area contributed by atoms with Crippen molar-refractivity contribution >= 4 is 16.8 Å². The molecule has 0 saturated heterocycles. The predicted molar refractivity (Wildman–Crippen MR) is 66.0 cm³/mol. The number of rotatable bonds is 0. The molecular formula is C15H14. The van der Waals surface area contributed by atoms with E-state index in [1.54, 1.807) is 0 Å². The third-order valence-corrected chi connectivity index (χ3v) is 3.17. The van der Waals surface area contributed by atoms with Crippen LogP contribution in [0.1, 0.15) is 23.6 Å². The van der Waals surface area contributed by atoms with Crippen LogP contribution in [0.2, 0.25) is 0 Å². The van der Waals surface area contributed by atoms with Crippen molar-refractivity contribution in [3.05, 3.63) is 52.6 Å². The number of allylic oxidation sites excluding steroid dienone is 1. The van der Waals surface area contributed by atoms with Gasteiger partial charge in [-0.1, -0.05) is 47.5 Å². The third-order valence-electron chi connectivity index (χ3n) is 3.17. The lowest BCUT2D eigenvalue weighted by Gasteiger charge is -2.05. The van der Waals surface area contributed by atoms with Crippen molar-refractivity contribution < 1.29 is 0 Å². The van der Waals surface area contributed by atoms with E-state index in [9.17, 15) is 0 Å². The molecule has 0 amide bonds. The van der Waals surface area contributed by atoms with Crippen LogP contribution >= 0.6 is 0 Å². The van der Waals surface area contributed by atoms with E-state index in [0.29, 0.717) is 0 Å². The lowest BCUT2D eigenvalue weighted by Crippen LogP contribution is -1.85. The molecule has 0 spiro atoms. The second-order valence-corrected chi connectivity index (χ2v) is 4.53. The zero-order valence-electron chi connectivity index (χ0n) is 9.17. The molecule has 0 radical (unpaired) electrons. The Bertz CT molecular complexity index is 574. The topological polar surface area (TPSA) is 0 Å². The van der Waals surface area contributed by atoms with Gasteiger partial charge >= 0.3 is 0 Å². The molecule has 1 aliphatic rings. The van der Waals surface area contributed by atoms with Gasteiger partial charge in [-0.05, 0) is 42.2 Å². The summed E-state index contributed by atoms with van der Waals surface area (Å²) in [5.41, 5.74) is 5.73.